The molecule has 0 saturated carbocycles. The van der Waals surface area contributed by atoms with Crippen molar-refractivity contribution in [2.45, 2.75) is 55.6 Å². The van der Waals surface area contributed by atoms with Crippen molar-refractivity contribution < 1.29 is 28.4 Å². The summed E-state index contributed by atoms with van der Waals surface area (Å²) in [6.45, 7) is 1.01. The molecule has 4 heterocycles. The zero-order valence-electron chi connectivity index (χ0n) is 11.4. The summed E-state index contributed by atoms with van der Waals surface area (Å²) in [5, 5.41) is 0. The summed E-state index contributed by atoms with van der Waals surface area (Å²) in [6, 6.07) is 0. The van der Waals surface area contributed by atoms with Crippen molar-refractivity contribution in [3.63, 3.8) is 0 Å². The first kappa shape index (κ1) is 14.9. The fourth-order valence-corrected chi connectivity index (χ4v) is 3.43. The molecule has 1 spiro atoms. The molecule has 7 unspecified atom stereocenters. The highest BCUT2D eigenvalue weighted by Crippen LogP contribution is 2.52. The third-order valence-corrected chi connectivity index (χ3v) is 4.96. The molecule has 0 aromatic carbocycles. The van der Waals surface area contributed by atoms with Crippen molar-refractivity contribution in [3.05, 3.63) is 0 Å². The molecule has 0 amide bonds. The summed E-state index contributed by atoms with van der Waals surface area (Å²) in [5.74, 6) is 0.239. The fraction of sp³-hybridized carbons (Fsp3) is 1.00. The quantitative estimate of drug-likeness (QED) is 0.566. The summed E-state index contributed by atoms with van der Waals surface area (Å²) < 4.78 is 34.3. The van der Waals surface area contributed by atoms with Gasteiger partial charge in [0.1, 0.15) is 6.10 Å². The van der Waals surface area contributed by atoms with Crippen LogP contribution in [0.3, 0.4) is 0 Å². The van der Waals surface area contributed by atoms with Crippen LogP contribution in [0.25, 0.3) is 0 Å². The average Bonchev–Trinajstić information content (AvgIpc) is 2.96. The molecule has 4 saturated heterocycles. The number of epoxide rings is 1. The van der Waals surface area contributed by atoms with Crippen LogP contribution in [0.1, 0.15) is 12.8 Å². The Labute approximate surface area is 132 Å². The lowest BCUT2D eigenvalue weighted by Gasteiger charge is -2.18. The van der Waals surface area contributed by atoms with E-state index in [0.29, 0.717) is 25.0 Å². The number of alkyl halides is 2. The van der Waals surface area contributed by atoms with E-state index in [1.807, 2.05) is 0 Å². The van der Waals surface area contributed by atoms with Gasteiger partial charge in [-0.3, -0.25) is 0 Å². The number of hydrogen-bond acceptors (Lipinski definition) is 6. The first-order valence-corrected chi connectivity index (χ1v) is 8.32. The van der Waals surface area contributed by atoms with Crippen molar-refractivity contribution >= 4 is 23.2 Å². The third kappa shape index (κ3) is 2.70. The normalized spacial score (nSPS) is 52.9. The molecule has 0 aliphatic carbocycles. The zero-order chi connectivity index (χ0) is 14.4. The molecule has 4 rings (SSSR count). The maximum Gasteiger partial charge on any atom is 0.201 e. The lowest BCUT2D eigenvalue weighted by Crippen LogP contribution is -2.31. The summed E-state index contributed by atoms with van der Waals surface area (Å²) in [7, 11) is 0. The Morgan fingerprint density at radius 3 is 2.24 bits per heavy atom. The highest BCUT2D eigenvalue weighted by molar-refractivity contribution is 6.18. The highest BCUT2D eigenvalue weighted by atomic mass is 35.5. The maximum atomic E-state index is 6.02. The van der Waals surface area contributed by atoms with E-state index in [1.54, 1.807) is 0 Å². The summed E-state index contributed by atoms with van der Waals surface area (Å²) in [5.41, 5.74) is 0. The maximum absolute atomic E-state index is 6.02. The van der Waals surface area contributed by atoms with E-state index in [0.717, 1.165) is 12.8 Å². The van der Waals surface area contributed by atoms with Gasteiger partial charge in [0.15, 0.2) is 18.7 Å². The van der Waals surface area contributed by atoms with Crippen LogP contribution in [-0.4, -0.2) is 67.8 Å². The lowest BCUT2D eigenvalue weighted by molar-refractivity contribution is -0.165. The van der Waals surface area contributed by atoms with Crippen molar-refractivity contribution in [2.75, 3.05) is 25.0 Å². The molecule has 4 aliphatic heterocycles. The van der Waals surface area contributed by atoms with E-state index in [-0.39, 0.29) is 30.7 Å². The standard InChI is InChI=1S/C13H18Cl2O6/c14-3-7-5-16-11(18-7)9-1-2-13(20-9)10(21-13)12-17-6-8(4-15)19-12/h7-12H,1-6H2. The molecular formula is C13H18Cl2O6. The molecule has 21 heavy (non-hydrogen) atoms. The van der Waals surface area contributed by atoms with Crippen LogP contribution in [0.4, 0.5) is 0 Å². The predicted molar refractivity (Wildman–Crippen MR) is 72.4 cm³/mol. The van der Waals surface area contributed by atoms with Crippen molar-refractivity contribution in [3.8, 4) is 0 Å². The van der Waals surface area contributed by atoms with Crippen LogP contribution >= 0.6 is 23.2 Å². The average molecular weight is 341 g/mol. The Morgan fingerprint density at radius 2 is 1.57 bits per heavy atom. The van der Waals surface area contributed by atoms with Gasteiger partial charge in [-0.2, -0.15) is 0 Å². The number of halogens is 2. The molecule has 4 aliphatic rings. The Hall–Kier alpha value is 0.340. The second-order valence-electron chi connectivity index (χ2n) is 5.77. The molecular weight excluding hydrogens is 323 g/mol. The van der Waals surface area contributed by atoms with Crippen LogP contribution in [-0.2, 0) is 28.4 Å². The Kier molecular flexibility index (Phi) is 4.09. The van der Waals surface area contributed by atoms with Gasteiger partial charge in [-0.05, 0) is 6.42 Å². The van der Waals surface area contributed by atoms with Gasteiger partial charge < -0.3 is 28.4 Å². The van der Waals surface area contributed by atoms with E-state index >= 15 is 0 Å². The van der Waals surface area contributed by atoms with Gasteiger partial charge in [-0.1, -0.05) is 0 Å². The SMILES string of the molecule is ClCC1COC(C2CCC3(O2)OC3C2OCC(CCl)O2)O1. The van der Waals surface area contributed by atoms with E-state index in [9.17, 15) is 0 Å². The third-order valence-electron chi connectivity index (χ3n) is 4.27. The van der Waals surface area contributed by atoms with Crippen molar-refractivity contribution in [1.29, 1.82) is 0 Å². The van der Waals surface area contributed by atoms with Gasteiger partial charge in [0.25, 0.3) is 0 Å². The lowest BCUT2D eigenvalue weighted by atomic mass is 10.1. The second kappa shape index (κ2) is 5.76. The van der Waals surface area contributed by atoms with Gasteiger partial charge >= 0.3 is 0 Å². The zero-order valence-corrected chi connectivity index (χ0v) is 12.9. The van der Waals surface area contributed by atoms with Gasteiger partial charge in [0, 0.05) is 6.42 Å². The molecule has 0 aromatic heterocycles. The topological polar surface area (TPSA) is 58.7 Å². The van der Waals surface area contributed by atoms with Gasteiger partial charge in [-0.15, -0.1) is 23.2 Å². The van der Waals surface area contributed by atoms with Crippen LogP contribution in [0.5, 0.6) is 0 Å². The minimum atomic E-state index is -0.609. The molecule has 0 aromatic rings. The molecule has 6 nitrogen and oxygen atoms in total. The molecule has 0 N–H and O–H groups in total. The molecule has 4 fully saturated rings. The first-order valence-electron chi connectivity index (χ1n) is 7.26. The van der Waals surface area contributed by atoms with Crippen LogP contribution in [0.2, 0.25) is 0 Å². The fourth-order valence-electron chi connectivity index (χ4n) is 3.11. The Morgan fingerprint density at radius 1 is 0.905 bits per heavy atom. The monoisotopic (exact) mass is 340 g/mol. The van der Waals surface area contributed by atoms with Gasteiger partial charge in [0.2, 0.25) is 5.79 Å². The molecule has 7 atom stereocenters. The minimum Gasteiger partial charge on any atom is -0.347 e. The number of hydrogen-bond donors (Lipinski definition) is 0. The Bertz CT molecular complexity index is 377. The Balaban J connectivity index is 1.31. The first-order chi connectivity index (χ1) is 10.2. The highest BCUT2D eigenvalue weighted by Gasteiger charge is 2.68. The van der Waals surface area contributed by atoms with E-state index in [4.69, 9.17) is 51.6 Å². The van der Waals surface area contributed by atoms with Crippen LogP contribution < -0.4 is 0 Å². The predicted octanol–water partition coefficient (Wildman–Crippen LogP) is 1.22. The molecule has 120 valence electrons. The van der Waals surface area contributed by atoms with Gasteiger partial charge in [-0.25, -0.2) is 0 Å². The summed E-state index contributed by atoms with van der Waals surface area (Å²) in [6.07, 6.45) is 0.398. The smallest absolute Gasteiger partial charge is 0.201 e. The van der Waals surface area contributed by atoms with Crippen molar-refractivity contribution in [2.24, 2.45) is 0 Å². The van der Waals surface area contributed by atoms with Gasteiger partial charge in [0.05, 0.1) is 37.2 Å². The van der Waals surface area contributed by atoms with Crippen LogP contribution in [0, 0.1) is 0 Å². The van der Waals surface area contributed by atoms with E-state index in [1.165, 1.54) is 0 Å². The number of ether oxygens (including phenoxy) is 6. The summed E-state index contributed by atoms with van der Waals surface area (Å²) in [4.78, 5) is 0. The molecule has 0 radical (unpaired) electrons. The summed E-state index contributed by atoms with van der Waals surface area (Å²) >= 11 is 11.5. The van der Waals surface area contributed by atoms with Crippen molar-refractivity contribution in [1.82, 2.24) is 0 Å². The number of rotatable bonds is 4. The molecule has 0 bridgehead atoms. The second-order valence-corrected chi connectivity index (χ2v) is 6.39. The van der Waals surface area contributed by atoms with E-state index in [2.05, 4.69) is 0 Å². The molecule has 8 heteroatoms. The minimum absolute atomic E-state index is 0.0567. The van der Waals surface area contributed by atoms with Crippen LogP contribution in [0.15, 0.2) is 0 Å². The largest absolute Gasteiger partial charge is 0.347 e. The van der Waals surface area contributed by atoms with E-state index < -0.39 is 12.1 Å².